The number of nitrogens with one attached hydrogen (secondary N) is 1. The molecule has 1 saturated carbocycles. The minimum atomic E-state index is -0.0761. The molecule has 1 aromatic rings. The quantitative estimate of drug-likeness (QED) is 0.887. The predicted molar refractivity (Wildman–Crippen MR) is 82.2 cm³/mol. The van der Waals surface area contributed by atoms with Crippen molar-refractivity contribution >= 4 is 18.3 Å². The van der Waals surface area contributed by atoms with Crippen LogP contribution in [0.3, 0.4) is 0 Å². The van der Waals surface area contributed by atoms with E-state index in [9.17, 15) is 4.79 Å². The highest BCUT2D eigenvalue weighted by molar-refractivity contribution is 5.93. The number of nitrogens with two attached hydrogens (primary N) is 1. The largest absolute Gasteiger partial charge is 0.346 e. The zero-order valence-corrected chi connectivity index (χ0v) is 13.5. The van der Waals surface area contributed by atoms with E-state index in [-0.39, 0.29) is 29.8 Å². The van der Waals surface area contributed by atoms with Gasteiger partial charge in [-0.15, -0.1) is 12.4 Å². The molecular weight excluding hydrogens is 276 g/mol. The second-order valence-electron chi connectivity index (χ2n) is 6.44. The Kier molecular flexibility index (Phi) is 5.21. The Hall–Kier alpha value is -1.07. The molecule has 5 nitrogen and oxygen atoms in total. The summed E-state index contributed by atoms with van der Waals surface area (Å²) in [5.41, 5.74) is 7.19. The maximum Gasteiger partial charge on any atom is 0.269 e. The third-order valence-electron chi connectivity index (χ3n) is 3.64. The second-order valence-corrected chi connectivity index (χ2v) is 6.44. The summed E-state index contributed by atoms with van der Waals surface area (Å²) in [4.78, 5) is 12.3. The number of aryl methyl sites for hydroxylation is 1. The normalized spacial score (nSPS) is 16.4. The fourth-order valence-electron chi connectivity index (χ4n) is 2.16. The first-order chi connectivity index (χ1) is 8.82. The van der Waals surface area contributed by atoms with E-state index in [1.165, 1.54) is 12.8 Å². The average molecular weight is 301 g/mol. The summed E-state index contributed by atoms with van der Waals surface area (Å²) in [5.74, 6) is 0.483. The zero-order chi connectivity index (χ0) is 14.2. The Labute approximate surface area is 126 Å². The summed E-state index contributed by atoms with van der Waals surface area (Å²) in [6.07, 6.45) is 2.33. The van der Waals surface area contributed by atoms with Gasteiger partial charge in [-0.05, 0) is 24.8 Å². The molecule has 1 heterocycles. The summed E-state index contributed by atoms with van der Waals surface area (Å²) in [6, 6.07) is 1.97. The van der Waals surface area contributed by atoms with Crippen molar-refractivity contribution in [3.05, 3.63) is 17.5 Å². The number of nitrogens with zero attached hydrogens (tertiary/aromatic N) is 2. The average Bonchev–Trinajstić information content (AvgIpc) is 3.07. The number of halogens is 1. The zero-order valence-electron chi connectivity index (χ0n) is 12.6. The standard InChI is InChI=1S/C14H24N4O.ClH/c1-14(2,3)12-7-11(18(4)17-12)13(19)16-10(8-15)9-5-6-9;/h7,9-10H,5-6,8,15H2,1-4H3,(H,16,19);1H. The minimum Gasteiger partial charge on any atom is -0.346 e. The van der Waals surface area contributed by atoms with Gasteiger partial charge >= 0.3 is 0 Å². The highest BCUT2D eigenvalue weighted by atomic mass is 35.5. The fraction of sp³-hybridized carbons (Fsp3) is 0.714. The van der Waals surface area contributed by atoms with E-state index < -0.39 is 0 Å². The Balaban J connectivity index is 0.00000200. The molecule has 0 radical (unpaired) electrons. The molecule has 0 aromatic carbocycles. The van der Waals surface area contributed by atoms with Crippen molar-refractivity contribution in [2.24, 2.45) is 18.7 Å². The first-order valence-corrected chi connectivity index (χ1v) is 6.88. The fourth-order valence-corrected chi connectivity index (χ4v) is 2.16. The van der Waals surface area contributed by atoms with Gasteiger partial charge < -0.3 is 11.1 Å². The molecule has 2 rings (SSSR count). The molecule has 0 saturated heterocycles. The third-order valence-corrected chi connectivity index (χ3v) is 3.64. The SMILES string of the molecule is Cl.Cn1nc(C(C)(C)C)cc1C(=O)NC(CN)C1CC1. The van der Waals surface area contributed by atoms with Gasteiger partial charge in [-0.1, -0.05) is 20.8 Å². The lowest BCUT2D eigenvalue weighted by molar-refractivity contribution is 0.0924. The summed E-state index contributed by atoms with van der Waals surface area (Å²) in [7, 11) is 1.80. The molecule has 3 N–H and O–H groups in total. The molecule has 1 aliphatic rings. The highest BCUT2D eigenvalue weighted by Crippen LogP contribution is 2.32. The third kappa shape index (κ3) is 3.73. The second kappa shape index (κ2) is 6.14. The molecule has 1 amide bonds. The van der Waals surface area contributed by atoms with E-state index >= 15 is 0 Å². The van der Waals surface area contributed by atoms with Crippen LogP contribution >= 0.6 is 12.4 Å². The number of carbonyl (C=O) groups is 1. The van der Waals surface area contributed by atoms with Gasteiger partial charge in [0.05, 0.1) is 5.69 Å². The number of hydrogen-bond donors (Lipinski definition) is 2. The Morgan fingerprint density at radius 1 is 1.55 bits per heavy atom. The molecule has 1 fully saturated rings. The topological polar surface area (TPSA) is 72.9 Å². The van der Waals surface area contributed by atoms with Crippen LogP contribution in [0.1, 0.15) is 49.8 Å². The lowest BCUT2D eigenvalue weighted by atomic mass is 9.92. The molecule has 0 spiro atoms. The van der Waals surface area contributed by atoms with Gasteiger partial charge in [0.2, 0.25) is 0 Å². The van der Waals surface area contributed by atoms with Crippen LogP contribution in [0.4, 0.5) is 0 Å². The predicted octanol–water partition coefficient (Wildman–Crippen LogP) is 1.61. The van der Waals surface area contributed by atoms with Crippen LogP contribution in [-0.4, -0.2) is 28.3 Å². The molecular formula is C14H25ClN4O. The van der Waals surface area contributed by atoms with Crippen LogP contribution in [0.5, 0.6) is 0 Å². The van der Waals surface area contributed by atoms with Crippen molar-refractivity contribution in [3.63, 3.8) is 0 Å². The molecule has 6 heteroatoms. The summed E-state index contributed by atoms with van der Waals surface area (Å²) >= 11 is 0. The Morgan fingerprint density at radius 2 is 2.15 bits per heavy atom. The van der Waals surface area contributed by atoms with Crippen molar-refractivity contribution in [2.45, 2.75) is 45.1 Å². The smallest absolute Gasteiger partial charge is 0.269 e. The first-order valence-electron chi connectivity index (χ1n) is 6.88. The summed E-state index contributed by atoms with van der Waals surface area (Å²) < 4.78 is 1.65. The maximum atomic E-state index is 12.3. The van der Waals surface area contributed by atoms with Gasteiger partial charge in [0, 0.05) is 25.0 Å². The van der Waals surface area contributed by atoms with Crippen LogP contribution in [0.25, 0.3) is 0 Å². The number of carbonyl (C=O) groups excluding carboxylic acids is 1. The van der Waals surface area contributed by atoms with E-state index in [1.54, 1.807) is 11.7 Å². The lowest BCUT2D eigenvalue weighted by Crippen LogP contribution is -2.42. The van der Waals surface area contributed by atoms with Crippen molar-refractivity contribution in [2.75, 3.05) is 6.54 Å². The summed E-state index contributed by atoms with van der Waals surface area (Å²) in [5, 5.41) is 7.45. The van der Waals surface area contributed by atoms with Gasteiger partial charge in [-0.2, -0.15) is 5.10 Å². The molecule has 114 valence electrons. The molecule has 1 aromatic heterocycles. The van der Waals surface area contributed by atoms with Gasteiger partial charge in [0.15, 0.2) is 0 Å². The van der Waals surface area contributed by atoms with E-state index in [1.807, 2.05) is 6.07 Å². The minimum absolute atomic E-state index is 0. The molecule has 1 aliphatic carbocycles. The number of hydrogen-bond acceptors (Lipinski definition) is 3. The van der Waals surface area contributed by atoms with E-state index in [0.29, 0.717) is 18.2 Å². The van der Waals surface area contributed by atoms with Gasteiger partial charge in [-0.25, -0.2) is 0 Å². The molecule has 0 aliphatic heterocycles. The molecule has 0 bridgehead atoms. The van der Waals surface area contributed by atoms with Crippen LogP contribution in [0.2, 0.25) is 0 Å². The summed E-state index contributed by atoms with van der Waals surface area (Å²) in [6.45, 7) is 6.76. The first kappa shape index (κ1) is 17.0. The van der Waals surface area contributed by atoms with Crippen LogP contribution in [0.15, 0.2) is 6.07 Å². The van der Waals surface area contributed by atoms with E-state index in [0.717, 1.165) is 5.69 Å². The van der Waals surface area contributed by atoms with Crippen molar-refractivity contribution in [1.82, 2.24) is 15.1 Å². The number of rotatable bonds is 4. The molecule has 1 atom stereocenters. The molecule has 20 heavy (non-hydrogen) atoms. The lowest BCUT2D eigenvalue weighted by Gasteiger charge is -2.15. The van der Waals surface area contributed by atoms with Crippen molar-refractivity contribution in [1.29, 1.82) is 0 Å². The Bertz CT molecular complexity index is 474. The van der Waals surface area contributed by atoms with E-state index in [2.05, 4.69) is 31.2 Å². The Morgan fingerprint density at radius 3 is 2.55 bits per heavy atom. The van der Waals surface area contributed by atoms with Gasteiger partial charge in [-0.3, -0.25) is 9.48 Å². The van der Waals surface area contributed by atoms with Crippen LogP contribution in [0, 0.1) is 5.92 Å². The molecule has 1 unspecified atom stereocenters. The van der Waals surface area contributed by atoms with Gasteiger partial charge in [0.1, 0.15) is 5.69 Å². The number of amides is 1. The van der Waals surface area contributed by atoms with Crippen molar-refractivity contribution < 1.29 is 4.79 Å². The highest BCUT2D eigenvalue weighted by Gasteiger charge is 2.32. The monoisotopic (exact) mass is 300 g/mol. The maximum absolute atomic E-state index is 12.3. The van der Waals surface area contributed by atoms with Crippen molar-refractivity contribution in [3.8, 4) is 0 Å². The van der Waals surface area contributed by atoms with E-state index in [4.69, 9.17) is 5.73 Å². The number of aromatic nitrogens is 2. The van der Waals surface area contributed by atoms with Gasteiger partial charge in [0.25, 0.3) is 5.91 Å². The van der Waals surface area contributed by atoms with Crippen LogP contribution in [-0.2, 0) is 12.5 Å². The van der Waals surface area contributed by atoms with Crippen LogP contribution < -0.4 is 11.1 Å².